The summed E-state index contributed by atoms with van der Waals surface area (Å²) < 4.78 is 5.06. The van der Waals surface area contributed by atoms with E-state index < -0.39 is 11.9 Å². The second-order valence-corrected chi connectivity index (χ2v) is 5.64. The number of nitrogens with zero attached hydrogens (tertiary/aromatic N) is 2. The Morgan fingerprint density at radius 1 is 1.25 bits per heavy atom. The standard InChI is InChI=1S/C16H13N3O4S/c1-2-23-16(22)11-7-24-14-12(11)13(17-8-18-14)19-10-5-3-9(4-6-10)15(20)21/h3-8H,2H2,1H3,(H,20,21)(H,17,18,19). The monoisotopic (exact) mass is 343 g/mol. The van der Waals surface area contributed by atoms with E-state index in [9.17, 15) is 9.59 Å². The van der Waals surface area contributed by atoms with Gasteiger partial charge in [0.1, 0.15) is 17.0 Å². The Hall–Kier alpha value is -3.00. The molecule has 3 rings (SSSR count). The van der Waals surface area contributed by atoms with Crippen LogP contribution in [0.3, 0.4) is 0 Å². The van der Waals surface area contributed by atoms with Gasteiger partial charge in [0.2, 0.25) is 0 Å². The van der Waals surface area contributed by atoms with Crippen LogP contribution in [0.1, 0.15) is 27.6 Å². The van der Waals surface area contributed by atoms with Crippen LogP contribution >= 0.6 is 11.3 Å². The van der Waals surface area contributed by atoms with Crippen LogP contribution < -0.4 is 5.32 Å². The Morgan fingerprint density at radius 3 is 2.67 bits per heavy atom. The van der Waals surface area contributed by atoms with Gasteiger partial charge >= 0.3 is 11.9 Å². The van der Waals surface area contributed by atoms with Crippen molar-refractivity contribution in [2.45, 2.75) is 6.92 Å². The molecule has 0 saturated heterocycles. The Morgan fingerprint density at radius 2 is 2.00 bits per heavy atom. The third kappa shape index (κ3) is 3.04. The molecule has 8 heteroatoms. The van der Waals surface area contributed by atoms with E-state index in [4.69, 9.17) is 9.84 Å². The minimum absolute atomic E-state index is 0.191. The molecule has 2 aromatic heterocycles. The number of hydrogen-bond acceptors (Lipinski definition) is 7. The van der Waals surface area contributed by atoms with Gasteiger partial charge in [-0.05, 0) is 31.2 Å². The van der Waals surface area contributed by atoms with E-state index in [1.54, 1.807) is 24.4 Å². The second-order valence-electron chi connectivity index (χ2n) is 4.78. The van der Waals surface area contributed by atoms with Crippen molar-refractivity contribution in [2.24, 2.45) is 0 Å². The summed E-state index contributed by atoms with van der Waals surface area (Å²) in [6, 6.07) is 6.24. The van der Waals surface area contributed by atoms with Gasteiger partial charge in [0.25, 0.3) is 0 Å². The first-order valence-electron chi connectivity index (χ1n) is 7.10. The van der Waals surface area contributed by atoms with Crippen molar-refractivity contribution in [1.29, 1.82) is 0 Å². The maximum absolute atomic E-state index is 12.1. The normalized spacial score (nSPS) is 10.5. The predicted octanol–water partition coefficient (Wildman–Crippen LogP) is 3.31. The number of aromatic carboxylic acids is 1. The molecule has 0 spiro atoms. The summed E-state index contributed by atoms with van der Waals surface area (Å²) in [5.41, 5.74) is 1.25. The quantitative estimate of drug-likeness (QED) is 0.685. The van der Waals surface area contributed by atoms with Crippen molar-refractivity contribution in [3.05, 3.63) is 47.1 Å². The van der Waals surface area contributed by atoms with Crippen LogP contribution in [0.2, 0.25) is 0 Å². The summed E-state index contributed by atoms with van der Waals surface area (Å²) in [7, 11) is 0. The highest BCUT2D eigenvalue weighted by Crippen LogP contribution is 2.31. The first kappa shape index (κ1) is 15.9. The number of hydrogen-bond donors (Lipinski definition) is 2. The number of anilines is 2. The summed E-state index contributed by atoms with van der Waals surface area (Å²) in [4.78, 5) is 32.0. The number of carboxylic acid groups (broad SMARTS) is 1. The molecule has 0 bridgehead atoms. The van der Waals surface area contributed by atoms with Gasteiger partial charge in [-0.2, -0.15) is 0 Å². The van der Waals surface area contributed by atoms with Crippen LogP contribution in [-0.2, 0) is 4.74 Å². The zero-order valence-electron chi connectivity index (χ0n) is 12.6. The molecule has 24 heavy (non-hydrogen) atoms. The lowest BCUT2D eigenvalue weighted by Gasteiger charge is -2.08. The molecule has 0 aliphatic rings. The number of ether oxygens (including phenoxy) is 1. The van der Waals surface area contributed by atoms with Crippen molar-refractivity contribution in [1.82, 2.24) is 9.97 Å². The topological polar surface area (TPSA) is 101 Å². The Bertz CT molecular complexity index is 905. The van der Waals surface area contributed by atoms with Gasteiger partial charge in [0, 0.05) is 11.1 Å². The zero-order chi connectivity index (χ0) is 17.1. The van der Waals surface area contributed by atoms with E-state index in [0.717, 1.165) is 0 Å². The van der Waals surface area contributed by atoms with E-state index >= 15 is 0 Å². The largest absolute Gasteiger partial charge is 0.478 e. The number of aromatic nitrogens is 2. The summed E-state index contributed by atoms with van der Waals surface area (Å²) in [5, 5.41) is 14.3. The first-order chi connectivity index (χ1) is 11.6. The second kappa shape index (κ2) is 6.63. The van der Waals surface area contributed by atoms with Crippen molar-refractivity contribution in [2.75, 3.05) is 11.9 Å². The highest BCUT2D eigenvalue weighted by atomic mass is 32.1. The van der Waals surface area contributed by atoms with E-state index in [1.165, 1.54) is 29.8 Å². The molecule has 1 aromatic carbocycles. The summed E-state index contributed by atoms with van der Waals surface area (Å²) in [6.07, 6.45) is 1.40. The summed E-state index contributed by atoms with van der Waals surface area (Å²) in [6.45, 7) is 2.02. The number of carbonyl (C=O) groups is 2. The lowest BCUT2D eigenvalue weighted by atomic mass is 10.2. The fourth-order valence-electron chi connectivity index (χ4n) is 2.16. The minimum atomic E-state index is -0.992. The van der Waals surface area contributed by atoms with Gasteiger partial charge < -0.3 is 15.2 Å². The fraction of sp³-hybridized carbons (Fsp3) is 0.125. The number of benzene rings is 1. The predicted molar refractivity (Wildman–Crippen MR) is 90.1 cm³/mol. The van der Waals surface area contributed by atoms with Crippen LogP contribution in [-0.4, -0.2) is 33.6 Å². The smallest absolute Gasteiger partial charge is 0.339 e. The molecule has 7 nitrogen and oxygen atoms in total. The van der Waals surface area contributed by atoms with Crippen LogP contribution in [0, 0.1) is 0 Å². The molecule has 0 fully saturated rings. The summed E-state index contributed by atoms with van der Waals surface area (Å²) in [5.74, 6) is -0.955. The lowest BCUT2D eigenvalue weighted by molar-refractivity contribution is 0.0528. The van der Waals surface area contributed by atoms with Crippen LogP contribution in [0.4, 0.5) is 11.5 Å². The molecular formula is C16H13N3O4S. The first-order valence-corrected chi connectivity index (χ1v) is 7.97. The number of carboxylic acids is 1. The SMILES string of the molecule is CCOC(=O)c1csc2ncnc(Nc3ccc(C(=O)O)cc3)c12. The van der Waals surface area contributed by atoms with Gasteiger partial charge in [0.05, 0.1) is 23.1 Å². The Labute approximate surface area is 140 Å². The van der Waals surface area contributed by atoms with E-state index in [0.29, 0.717) is 27.3 Å². The molecule has 0 aliphatic heterocycles. The maximum atomic E-state index is 12.1. The molecule has 2 heterocycles. The molecule has 122 valence electrons. The molecule has 0 atom stereocenters. The van der Waals surface area contributed by atoms with Gasteiger partial charge in [-0.25, -0.2) is 19.6 Å². The third-order valence-corrected chi connectivity index (χ3v) is 4.15. The van der Waals surface area contributed by atoms with Gasteiger partial charge in [0.15, 0.2) is 0 Å². The number of rotatable bonds is 5. The molecule has 0 saturated carbocycles. The molecule has 3 aromatic rings. The molecule has 0 radical (unpaired) electrons. The maximum Gasteiger partial charge on any atom is 0.339 e. The molecule has 2 N–H and O–H groups in total. The average Bonchev–Trinajstić information content (AvgIpc) is 3.01. The number of carbonyl (C=O) groups excluding carboxylic acids is 1. The Balaban J connectivity index is 1.98. The van der Waals surface area contributed by atoms with Crippen LogP contribution in [0.15, 0.2) is 36.0 Å². The van der Waals surface area contributed by atoms with Gasteiger partial charge in [-0.3, -0.25) is 0 Å². The zero-order valence-corrected chi connectivity index (χ0v) is 13.5. The fourth-order valence-corrected chi connectivity index (χ4v) is 3.04. The molecule has 0 unspecified atom stereocenters. The van der Waals surface area contributed by atoms with Crippen molar-refractivity contribution >= 4 is 45.0 Å². The van der Waals surface area contributed by atoms with E-state index in [-0.39, 0.29) is 12.2 Å². The number of fused-ring (bicyclic) bond motifs is 1. The van der Waals surface area contributed by atoms with Crippen molar-refractivity contribution < 1.29 is 19.4 Å². The highest BCUT2D eigenvalue weighted by molar-refractivity contribution is 7.17. The molecule has 0 amide bonds. The number of thiophene rings is 1. The third-order valence-electron chi connectivity index (χ3n) is 3.26. The van der Waals surface area contributed by atoms with Gasteiger partial charge in [-0.1, -0.05) is 0 Å². The van der Waals surface area contributed by atoms with Crippen molar-refractivity contribution in [3.8, 4) is 0 Å². The number of esters is 1. The van der Waals surface area contributed by atoms with Gasteiger partial charge in [-0.15, -0.1) is 11.3 Å². The Kier molecular flexibility index (Phi) is 4.39. The minimum Gasteiger partial charge on any atom is -0.478 e. The van der Waals surface area contributed by atoms with E-state index in [2.05, 4.69) is 15.3 Å². The number of nitrogens with one attached hydrogen (secondary N) is 1. The highest BCUT2D eigenvalue weighted by Gasteiger charge is 2.18. The van der Waals surface area contributed by atoms with Crippen LogP contribution in [0.25, 0.3) is 10.2 Å². The van der Waals surface area contributed by atoms with E-state index in [1.807, 2.05) is 0 Å². The van der Waals surface area contributed by atoms with Crippen molar-refractivity contribution in [3.63, 3.8) is 0 Å². The summed E-state index contributed by atoms with van der Waals surface area (Å²) >= 11 is 1.33. The molecule has 0 aliphatic carbocycles. The lowest BCUT2D eigenvalue weighted by Crippen LogP contribution is -2.05. The average molecular weight is 343 g/mol. The molecular weight excluding hydrogens is 330 g/mol. The van der Waals surface area contributed by atoms with Crippen LogP contribution in [0.5, 0.6) is 0 Å².